The minimum atomic E-state index is -4.25. The SMILES string of the molecule is CC1CCN(c2nc(-c3ccc(OCC(C)(C)C)nc3)ccc2C(=O)NS(=O)(=O)c2cccc(N)n2)C1(C)C. The lowest BCUT2D eigenvalue weighted by molar-refractivity contribution is 0.0981. The molecule has 1 aliphatic rings. The molecule has 4 heterocycles. The van der Waals surface area contributed by atoms with Crippen LogP contribution in [0.3, 0.4) is 0 Å². The average molecular weight is 553 g/mol. The van der Waals surface area contributed by atoms with E-state index in [-0.39, 0.29) is 27.4 Å². The van der Waals surface area contributed by atoms with Crippen molar-refractivity contribution in [2.45, 2.75) is 58.5 Å². The van der Waals surface area contributed by atoms with Crippen molar-refractivity contribution < 1.29 is 17.9 Å². The maximum atomic E-state index is 13.4. The number of sulfonamides is 1. The van der Waals surface area contributed by atoms with Crippen molar-refractivity contribution in [1.82, 2.24) is 19.7 Å². The second-order valence-corrected chi connectivity index (χ2v) is 13.3. The predicted octanol–water partition coefficient (Wildman–Crippen LogP) is 4.29. The third-order valence-corrected chi connectivity index (χ3v) is 8.23. The first kappa shape index (κ1) is 28.3. The van der Waals surface area contributed by atoms with Gasteiger partial charge in [0.25, 0.3) is 15.9 Å². The molecule has 0 spiro atoms. The van der Waals surface area contributed by atoms with Crippen LogP contribution in [-0.2, 0) is 10.0 Å². The Kier molecular flexibility index (Phi) is 7.57. The van der Waals surface area contributed by atoms with Gasteiger partial charge in [-0.2, -0.15) is 8.42 Å². The quantitative estimate of drug-likeness (QED) is 0.439. The van der Waals surface area contributed by atoms with Crippen molar-refractivity contribution >= 4 is 27.6 Å². The summed E-state index contributed by atoms with van der Waals surface area (Å²) in [5.41, 5.74) is 6.83. The Morgan fingerprint density at radius 2 is 1.90 bits per heavy atom. The molecule has 1 unspecified atom stereocenters. The highest BCUT2D eigenvalue weighted by Gasteiger charge is 2.41. The normalized spacial score (nSPS) is 17.2. The number of carbonyl (C=O) groups is 1. The maximum Gasteiger partial charge on any atom is 0.281 e. The molecule has 1 atom stereocenters. The smallest absolute Gasteiger partial charge is 0.281 e. The second kappa shape index (κ2) is 10.4. The van der Waals surface area contributed by atoms with E-state index >= 15 is 0 Å². The first-order valence-electron chi connectivity index (χ1n) is 12.8. The van der Waals surface area contributed by atoms with Crippen LogP contribution < -0.4 is 20.1 Å². The largest absolute Gasteiger partial charge is 0.477 e. The third kappa shape index (κ3) is 6.30. The number of aromatic nitrogens is 3. The maximum absolute atomic E-state index is 13.4. The van der Waals surface area contributed by atoms with Crippen LogP contribution in [-0.4, -0.2) is 48.0 Å². The van der Waals surface area contributed by atoms with Gasteiger partial charge in [-0.3, -0.25) is 4.79 Å². The highest BCUT2D eigenvalue weighted by molar-refractivity contribution is 7.90. The fraction of sp³-hybridized carbons (Fsp3) is 0.429. The van der Waals surface area contributed by atoms with E-state index < -0.39 is 15.9 Å². The van der Waals surface area contributed by atoms with Gasteiger partial charge in [0, 0.05) is 29.9 Å². The number of ether oxygens (including phenoxy) is 1. The highest BCUT2D eigenvalue weighted by atomic mass is 32.2. The Morgan fingerprint density at radius 1 is 1.15 bits per heavy atom. The van der Waals surface area contributed by atoms with Gasteiger partial charge >= 0.3 is 0 Å². The zero-order chi connectivity index (χ0) is 28.6. The van der Waals surface area contributed by atoms with E-state index in [1.54, 1.807) is 24.4 Å². The first-order valence-corrected chi connectivity index (χ1v) is 14.3. The van der Waals surface area contributed by atoms with Crippen molar-refractivity contribution in [3.63, 3.8) is 0 Å². The number of amides is 1. The summed E-state index contributed by atoms with van der Waals surface area (Å²) in [5.74, 6) is 0.490. The second-order valence-electron chi connectivity index (χ2n) is 11.6. The lowest BCUT2D eigenvalue weighted by atomic mass is 9.90. The van der Waals surface area contributed by atoms with Gasteiger partial charge in [-0.15, -0.1) is 0 Å². The fourth-order valence-electron chi connectivity index (χ4n) is 4.32. The summed E-state index contributed by atoms with van der Waals surface area (Å²) in [6.45, 7) is 13.8. The summed E-state index contributed by atoms with van der Waals surface area (Å²) >= 11 is 0. The zero-order valence-electron chi connectivity index (χ0n) is 23.2. The van der Waals surface area contributed by atoms with Gasteiger partial charge in [-0.1, -0.05) is 33.8 Å². The topological polar surface area (TPSA) is 140 Å². The van der Waals surface area contributed by atoms with E-state index in [0.29, 0.717) is 36.5 Å². The lowest BCUT2D eigenvalue weighted by Crippen LogP contribution is -2.43. The van der Waals surface area contributed by atoms with Crippen molar-refractivity contribution in [2.24, 2.45) is 11.3 Å². The Labute approximate surface area is 230 Å². The lowest BCUT2D eigenvalue weighted by Gasteiger charge is -2.36. The van der Waals surface area contributed by atoms with Gasteiger partial charge in [0.05, 0.1) is 17.9 Å². The average Bonchev–Trinajstić information content (AvgIpc) is 3.13. The fourth-order valence-corrected chi connectivity index (χ4v) is 5.26. The first-order chi connectivity index (χ1) is 18.2. The van der Waals surface area contributed by atoms with Gasteiger partial charge in [0.1, 0.15) is 11.6 Å². The van der Waals surface area contributed by atoms with Crippen LogP contribution in [0.4, 0.5) is 11.6 Å². The molecule has 3 aromatic rings. The monoisotopic (exact) mass is 552 g/mol. The van der Waals surface area contributed by atoms with E-state index in [0.717, 1.165) is 12.0 Å². The number of anilines is 2. The standard InChI is InChI=1S/C28H36N6O4S/c1-18-14-15-34(28(18,5)6)25-20(26(35)33-39(36,37)24-9-7-8-22(29)32-24)11-12-21(31-25)19-10-13-23(30-16-19)38-17-27(2,3)4/h7-13,16,18H,14-15,17H2,1-6H3,(H2,29,32)(H,33,35). The van der Waals surface area contributed by atoms with Gasteiger partial charge in [0.15, 0.2) is 5.03 Å². The number of nitrogens with zero attached hydrogens (tertiary/aromatic N) is 4. The van der Waals surface area contributed by atoms with Gasteiger partial charge in [-0.05, 0) is 61.9 Å². The predicted molar refractivity (Wildman–Crippen MR) is 151 cm³/mol. The molecule has 10 nitrogen and oxygen atoms in total. The minimum absolute atomic E-state index is 0.00351. The summed E-state index contributed by atoms with van der Waals surface area (Å²) in [7, 11) is -4.25. The molecule has 0 bridgehead atoms. The van der Waals surface area contributed by atoms with Crippen LogP contribution in [0.1, 0.15) is 58.3 Å². The Bertz CT molecular complexity index is 1470. The van der Waals surface area contributed by atoms with E-state index in [4.69, 9.17) is 15.5 Å². The highest BCUT2D eigenvalue weighted by Crippen LogP contribution is 2.39. The molecule has 3 N–H and O–H groups in total. The van der Waals surface area contributed by atoms with Crippen LogP contribution in [0.25, 0.3) is 11.3 Å². The number of carbonyl (C=O) groups excluding carboxylic acids is 1. The molecule has 39 heavy (non-hydrogen) atoms. The zero-order valence-corrected chi connectivity index (χ0v) is 24.0. The molecule has 4 rings (SSSR count). The number of pyridine rings is 3. The Balaban J connectivity index is 1.69. The molecule has 0 aromatic carbocycles. The van der Waals surface area contributed by atoms with Gasteiger partial charge in [-0.25, -0.2) is 19.7 Å². The van der Waals surface area contributed by atoms with E-state index in [2.05, 4.69) is 61.1 Å². The van der Waals surface area contributed by atoms with Crippen LogP contribution in [0.15, 0.2) is 53.7 Å². The molecular weight excluding hydrogens is 516 g/mol. The molecule has 0 radical (unpaired) electrons. The number of nitrogens with two attached hydrogens (primary N) is 1. The molecule has 0 saturated carbocycles. The van der Waals surface area contributed by atoms with Crippen molar-refractivity contribution in [3.05, 3.63) is 54.2 Å². The summed E-state index contributed by atoms with van der Waals surface area (Å²) in [5, 5.41) is -0.336. The molecule has 0 aliphatic carbocycles. The van der Waals surface area contributed by atoms with Crippen LogP contribution in [0, 0.1) is 11.3 Å². The Hall–Kier alpha value is -3.73. The van der Waals surface area contributed by atoms with Gasteiger partial charge < -0.3 is 15.4 Å². The molecule has 208 valence electrons. The van der Waals surface area contributed by atoms with E-state index in [1.165, 1.54) is 18.2 Å². The molecule has 3 aromatic heterocycles. The molecular formula is C28H36N6O4S. The van der Waals surface area contributed by atoms with Crippen molar-refractivity contribution in [1.29, 1.82) is 0 Å². The van der Waals surface area contributed by atoms with E-state index in [1.807, 2.05) is 6.07 Å². The van der Waals surface area contributed by atoms with Crippen LogP contribution in [0.5, 0.6) is 5.88 Å². The van der Waals surface area contributed by atoms with Crippen LogP contribution in [0.2, 0.25) is 0 Å². The van der Waals surface area contributed by atoms with E-state index in [9.17, 15) is 13.2 Å². The van der Waals surface area contributed by atoms with Crippen molar-refractivity contribution in [2.75, 3.05) is 23.8 Å². The van der Waals surface area contributed by atoms with Crippen LogP contribution >= 0.6 is 0 Å². The molecule has 1 aliphatic heterocycles. The van der Waals surface area contributed by atoms with Crippen molar-refractivity contribution in [3.8, 4) is 17.1 Å². The summed E-state index contributed by atoms with van der Waals surface area (Å²) < 4.78 is 33.7. The summed E-state index contributed by atoms with van der Waals surface area (Å²) in [4.78, 5) is 28.6. The minimum Gasteiger partial charge on any atom is -0.477 e. The number of hydrogen-bond acceptors (Lipinski definition) is 9. The number of nitrogen functional groups attached to an aromatic ring is 1. The Morgan fingerprint density at radius 3 is 2.49 bits per heavy atom. The number of nitrogens with one attached hydrogen (secondary N) is 1. The molecule has 1 amide bonds. The number of hydrogen-bond donors (Lipinski definition) is 2. The van der Waals surface area contributed by atoms with Gasteiger partial charge in [0.2, 0.25) is 5.88 Å². The summed E-state index contributed by atoms with van der Waals surface area (Å²) in [6.07, 6.45) is 2.59. The molecule has 1 saturated heterocycles. The summed E-state index contributed by atoms with van der Waals surface area (Å²) in [6, 6.07) is 11.1. The molecule has 1 fully saturated rings. The number of rotatable bonds is 7. The molecule has 11 heteroatoms. The third-order valence-electron chi connectivity index (χ3n) is 7.00.